The van der Waals surface area contributed by atoms with Gasteiger partial charge in [0, 0.05) is 31.2 Å². The smallest absolute Gasteiger partial charge is 0.759 e. The molecule has 0 aliphatic carbocycles. The van der Waals surface area contributed by atoms with Crippen LogP contribution in [0, 0.1) is 0 Å². The average Bonchev–Trinajstić information content (AvgIpc) is 1.77. The summed E-state index contributed by atoms with van der Waals surface area (Å²) in [5.74, 6) is 0. The maximum absolute atomic E-state index is 8.52. The van der Waals surface area contributed by atoms with Crippen LogP contribution in [-0.4, -0.2) is 92.0 Å². The van der Waals surface area contributed by atoms with Crippen LogP contribution in [0.3, 0.4) is 0 Å². The Morgan fingerprint density at radius 1 is 0.526 bits per heavy atom. The summed E-state index contributed by atoms with van der Waals surface area (Å²) < 4.78 is 109. The van der Waals surface area contributed by atoms with Crippen molar-refractivity contribution >= 4 is 77.8 Å². The van der Waals surface area contributed by atoms with Crippen LogP contribution in [0.4, 0.5) is 0 Å². The van der Waals surface area contributed by atoms with Crippen molar-refractivity contribution in [3.05, 3.63) is 0 Å². The van der Waals surface area contributed by atoms with Crippen LogP contribution in [0.5, 0.6) is 0 Å². The van der Waals surface area contributed by atoms with Crippen molar-refractivity contribution < 1.29 is 57.2 Å². The van der Waals surface area contributed by atoms with E-state index in [1.807, 2.05) is 0 Å². The molecule has 0 fully saturated rings. The number of halogens is 1. The van der Waals surface area contributed by atoms with Gasteiger partial charge in [-0.2, -0.15) is 0 Å². The topological polar surface area (TPSA) is 261 Å². The molecule has 13 nitrogen and oxygen atoms in total. The third kappa shape index (κ3) is 6340. The van der Waals surface area contributed by atoms with Gasteiger partial charge in [-0.3, -0.25) is 29.9 Å². The van der Waals surface area contributed by atoms with E-state index in [1.54, 1.807) is 0 Å². The largest absolute Gasteiger partial charge is 3.00 e. The quantitative estimate of drug-likeness (QED) is 0.230. The zero-order valence-corrected chi connectivity index (χ0v) is 13.6. The maximum atomic E-state index is 8.52. The van der Waals surface area contributed by atoms with Crippen LogP contribution in [0.15, 0.2) is 0 Å². The maximum Gasteiger partial charge on any atom is 3.00 e. The molecule has 0 amide bonds. The second-order valence-corrected chi connectivity index (χ2v) is 3.67. The minimum atomic E-state index is -5.17. The Morgan fingerprint density at radius 2 is 0.526 bits per heavy atom. The van der Waals surface area contributed by atoms with E-state index in [1.165, 1.54) is 0 Å². The molecule has 1 N–H and O–H groups in total. The van der Waals surface area contributed by atoms with Crippen LogP contribution >= 0.6 is 11.9 Å². The first kappa shape index (κ1) is 36.8. The minimum absolute atomic E-state index is 0. The van der Waals surface area contributed by atoms with E-state index in [4.69, 9.17) is 57.2 Å². The van der Waals surface area contributed by atoms with E-state index in [9.17, 15) is 0 Å². The fourth-order valence-electron chi connectivity index (χ4n) is 0. The summed E-state index contributed by atoms with van der Waals surface area (Å²) in [5.41, 5.74) is 0. The molecular weight excluding hydrogens is 394 g/mol. The predicted octanol–water partition coefficient (Wildman–Crippen LogP) is -4.64. The van der Waals surface area contributed by atoms with Crippen molar-refractivity contribution in [2.24, 2.45) is 0 Å². The minimum Gasteiger partial charge on any atom is -0.759 e. The molecule has 0 heterocycles. The summed E-state index contributed by atoms with van der Waals surface area (Å²) in [5, 5.41) is 0. The molecule has 0 bridgehead atoms. The Labute approximate surface area is 134 Å². The van der Waals surface area contributed by atoms with Gasteiger partial charge in [0.15, 0.2) is 0 Å². The molecule has 110 valence electrons. The molecule has 0 radical (unpaired) electrons. The van der Waals surface area contributed by atoms with Crippen LogP contribution in [-0.2, 0) is 31.2 Å². The van der Waals surface area contributed by atoms with Crippen molar-refractivity contribution in [2.45, 2.75) is 0 Å². The molecule has 0 aliphatic rings. The van der Waals surface area contributed by atoms with Gasteiger partial charge in [-0.15, -0.1) is 0 Å². The molecule has 19 heteroatoms. The van der Waals surface area contributed by atoms with Gasteiger partial charge in [-0.1, -0.05) is 0 Å². The summed E-state index contributed by atoms with van der Waals surface area (Å²) in [4.78, 5) is 0. The average molecular weight is 395 g/mol. The first-order valence-corrected chi connectivity index (χ1v) is 6.51. The van der Waals surface area contributed by atoms with Crippen molar-refractivity contribution in [3.8, 4) is 0 Å². The standard InChI is InChI=1S/2Al.ClHO.3H2O4S/c;;1-2;3*1-5(2,3)4/h;;2H;3*(H2,1,2,3,4)/q2*+3;;;;/p-6. The van der Waals surface area contributed by atoms with Gasteiger partial charge in [0.2, 0.25) is 0 Å². The molecule has 0 saturated heterocycles. The second kappa shape index (κ2) is 17.0. The molecule has 0 aliphatic heterocycles. The Balaban J connectivity index is -0.0000000298. The fraction of sp³-hybridized carbons (Fsp3) is 0. The van der Waals surface area contributed by atoms with Crippen molar-refractivity contribution in [1.82, 2.24) is 0 Å². The van der Waals surface area contributed by atoms with Gasteiger partial charge in [0.1, 0.15) is 0 Å². The SMILES string of the molecule is O=S(=O)([O-])[O-].O=S(=O)([O-])[O-].O=S(=O)([O-])[O-].OCl.[Al+3].[Al+3]. The first-order chi connectivity index (χ1) is 7.00. The molecule has 19 heavy (non-hydrogen) atoms. The van der Waals surface area contributed by atoms with Gasteiger partial charge in [-0.25, -0.2) is 0 Å². The Bertz CT molecular complexity index is 347. The molecular formula is HAl2ClO13S3. The van der Waals surface area contributed by atoms with Crippen LogP contribution in [0.1, 0.15) is 0 Å². The molecule has 0 aromatic heterocycles. The van der Waals surface area contributed by atoms with E-state index in [2.05, 4.69) is 11.9 Å². The normalized spacial score (nSPS) is 9.47. The zero-order valence-electron chi connectivity index (χ0n) is 8.10. The predicted molar refractivity (Wildman–Crippen MR) is 51.0 cm³/mol. The van der Waals surface area contributed by atoms with Crippen LogP contribution in [0.25, 0.3) is 0 Å². The van der Waals surface area contributed by atoms with Gasteiger partial charge >= 0.3 is 34.7 Å². The summed E-state index contributed by atoms with van der Waals surface area (Å²) in [6.07, 6.45) is 0. The number of hydrogen-bond acceptors (Lipinski definition) is 13. The molecule has 0 aromatic carbocycles. The molecule has 0 unspecified atom stereocenters. The monoisotopic (exact) mass is 394 g/mol. The van der Waals surface area contributed by atoms with Crippen LogP contribution in [0.2, 0.25) is 0 Å². The van der Waals surface area contributed by atoms with Crippen molar-refractivity contribution in [2.75, 3.05) is 0 Å². The van der Waals surface area contributed by atoms with Gasteiger partial charge in [0.25, 0.3) is 0 Å². The Hall–Kier alpha value is 0.925. The zero-order chi connectivity index (χ0) is 15.5. The molecule has 0 aromatic rings. The molecule has 0 spiro atoms. The first-order valence-electron chi connectivity index (χ1n) is 2.17. The van der Waals surface area contributed by atoms with Crippen molar-refractivity contribution in [1.29, 1.82) is 0 Å². The molecule has 0 saturated carbocycles. The summed E-state index contributed by atoms with van der Waals surface area (Å²) in [6, 6.07) is 0. The van der Waals surface area contributed by atoms with Crippen LogP contribution < -0.4 is 0 Å². The summed E-state index contributed by atoms with van der Waals surface area (Å²) >= 11 is 3.64. The van der Waals surface area contributed by atoms with E-state index in [0.29, 0.717) is 0 Å². The molecule has 0 rings (SSSR count). The van der Waals surface area contributed by atoms with E-state index < -0.39 is 31.2 Å². The van der Waals surface area contributed by atoms with Gasteiger partial charge < -0.3 is 27.3 Å². The van der Waals surface area contributed by atoms with E-state index in [-0.39, 0.29) is 34.7 Å². The molecule has 0 atom stereocenters. The van der Waals surface area contributed by atoms with E-state index in [0.717, 1.165) is 0 Å². The van der Waals surface area contributed by atoms with Gasteiger partial charge in [-0.05, 0) is 0 Å². The Kier molecular flexibility index (Phi) is 32.9. The summed E-state index contributed by atoms with van der Waals surface area (Å²) in [7, 11) is -15.5. The fourth-order valence-corrected chi connectivity index (χ4v) is 0. The second-order valence-electron chi connectivity index (χ2n) is 1.22. The van der Waals surface area contributed by atoms with Crippen molar-refractivity contribution in [3.63, 3.8) is 0 Å². The van der Waals surface area contributed by atoms with Gasteiger partial charge in [0.05, 0.1) is 11.9 Å². The summed E-state index contributed by atoms with van der Waals surface area (Å²) in [6.45, 7) is 0. The third-order valence-corrected chi connectivity index (χ3v) is 0. The van der Waals surface area contributed by atoms with E-state index >= 15 is 0 Å². The Morgan fingerprint density at radius 3 is 0.526 bits per heavy atom. The third-order valence-electron chi connectivity index (χ3n) is 0. The number of rotatable bonds is 0. The number of hydrogen-bond donors (Lipinski definition) is 1.